The van der Waals surface area contributed by atoms with E-state index in [1.54, 1.807) is 6.92 Å². The minimum absolute atomic E-state index is 0. The maximum absolute atomic E-state index is 14.4. The van der Waals surface area contributed by atoms with Crippen LogP contribution in [0.4, 0.5) is 0 Å². The fraction of sp³-hybridized carbons (Fsp3) is 0.629. The summed E-state index contributed by atoms with van der Waals surface area (Å²) >= 11 is 0. The van der Waals surface area contributed by atoms with Crippen LogP contribution >= 0.6 is 7.82 Å². The fourth-order valence-corrected chi connectivity index (χ4v) is 16.4. The van der Waals surface area contributed by atoms with Crippen molar-refractivity contribution in [3.8, 4) is 0 Å². The Balaban J connectivity index is 0.00000343. The Morgan fingerprint density at radius 3 is 1.95 bits per heavy atom. The normalized spacial score (nSPS) is 32.9. The molecule has 7 amide bonds. The molecule has 2 saturated heterocycles. The van der Waals surface area contributed by atoms with Crippen LogP contribution in [0.2, 0.25) is 0 Å². The molecule has 0 radical (unpaired) electrons. The number of aliphatic hydroxyl groups is 2. The first-order chi connectivity index (χ1) is 43.2. The van der Waals surface area contributed by atoms with Crippen LogP contribution in [0.15, 0.2) is 73.1 Å². The number of nitrogens with zero attached hydrogens (tertiary/aromatic N) is 7. The van der Waals surface area contributed by atoms with E-state index in [1.807, 2.05) is 80.5 Å². The second-order valence-corrected chi connectivity index (χ2v) is 28.4. The molecule has 1 aromatic heterocycles. The maximum atomic E-state index is 14.4. The summed E-state index contributed by atoms with van der Waals surface area (Å²) < 4.78 is 31.9. The van der Waals surface area contributed by atoms with E-state index in [0.29, 0.717) is 56.4 Å². The number of nitrogens with one attached hydrogen (secondary N) is 1. The second-order valence-electron chi connectivity index (χ2n) is 27.1. The molecule has 16 N–H and O–H groups in total. The predicted molar refractivity (Wildman–Crippen MR) is 339 cm³/mol. The largest absolute Gasteiger partial charge is 3.00 e. The molecule has 8 bridgehead atoms. The van der Waals surface area contributed by atoms with Crippen LogP contribution in [0, 0.1) is 64.1 Å². The molecule has 6 aliphatic heterocycles. The molecule has 30 nitrogen and oxygen atoms in total. The zero-order chi connectivity index (χ0) is 69.4. The van der Waals surface area contributed by atoms with Crippen LogP contribution in [-0.2, 0) is 68.7 Å². The number of allylic oxidation sites excluding steroid dienone is 6. The Morgan fingerprint density at radius 1 is 0.809 bits per heavy atom. The average molecular weight is 1380 g/mol. The third-order valence-corrected chi connectivity index (χ3v) is 21.6. The minimum Gasteiger partial charge on any atom is -0.756 e. The van der Waals surface area contributed by atoms with Crippen LogP contribution in [0.25, 0.3) is 16.4 Å². The first-order valence-electron chi connectivity index (χ1n) is 30.9. The first kappa shape index (κ1) is 75.9. The number of phosphoric acid groups is 1. The third kappa shape index (κ3) is 15.0. The quantitative estimate of drug-likeness (QED) is 0.0366. The van der Waals surface area contributed by atoms with Gasteiger partial charge < -0.3 is 83.7 Å². The average Bonchev–Trinajstić information content (AvgIpc) is 1.53. The van der Waals surface area contributed by atoms with Crippen molar-refractivity contribution in [3.63, 3.8) is 0 Å². The smallest absolute Gasteiger partial charge is 0.756 e. The van der Waals surface area contributed by atoms with E-state index >= 15 is 0 Å². The van der Waals surface area contributed by atoms with Gasteiger partial charge in [-0.25, -0.2) is 4.98 Å². The number of nitrogens with two attached hydrogens (primary N) is 6. The number of carbonyl (C=O) groups excluding carboxylic acids is 7. The molecule has 2 aromatic rings. The van der Waals surface area contributed by atoms with E-state index < -0.39 is 143 Å². The first-order valence-corrected chi connectivity index (χ1v) is 32.3. The summed E-state index contributed by atoms with van der Waals surface area (Å²) in [6, 6.07) is 2.65. The Labute approximate surface area is 555 Å². The number of rotatable bonds is 26. The molecule has 2 fully saturated rings. The van der Waals surface area contributed by atoms with Crippen molar-refractivity contribution < 1.29 is 89.0 Å². The van der Waals surface area contributed by atoms with Crippen molar-refractivity contribution in [2.24, 2.45) is 100 Å². The minimum atomic E-state index is -5.32. The zero-order valence-electron chi connectivity index (χ0n) is 54.8. The van der Waals surface area contributed by atoms with Gasteiger partial charge in [0.05, 0.1) is 41.3 Å². The molecule has 15 atom stereocenters. The molecule has 0 aliphatic carbocycles. The number of ether oxygens (including phenoxy) is 1. The zero-order valence-corrected chi connectivity index (χ0v) is 56.7. The number of aliphatic imine (C=N–C) groups is 3. The molecule has 6 aliphatic rings. The monoisotopic (exact) mass is 1380 g/mol. The summed E-state index contributed by atoms with van der Waals surface area (Å²) in [5.74, 6) is -7.40. The van der Waals surface area contributed by atoms with Gasteiger partial charge in [-0.2, -0.15) is 5.70 Å². The molecular weight excluding hydrogens is 1290 g/mol. The van der Waals surface area contributed by atoms with Crippen LogP contribution < -0.4 is 44.6 Å². The van der Waals surface area contributed by atoms with E-state index in [2.05, 4.69) is 10.3 Å². The molecule has 7 heterocycles. The van der Waals surface area contributed by atoms with Crippen LogP contribution in [0.5, 0.6) is 0 Å². The van der Waals surface area contributed by atoms with E-state index in [1.165, 1.54) is 23.2 Å². The molecule has 0 spiro atoms. The van der Waals surface area contributed by atoms with E-state index in [0.717, 1.165) is 11.1 Å². The van der Waals surface area contributed by atoms with E-state index in [-0.39, 0.29) is 94.0 Å². The number of imidazole rings is 1. The molecule has 32 heteroatoms. The van der Waals surface area contributed by atoms with Crippen molar-refractivity contribution >= 4 is 77.3 Å². The SMILES string of the molecule is C/C1=C2/[N-][C@H]([C@H](CC(N)=O)[C@@]2(C)CCC(=O)NC[C@H](C)OP(=O)([O-])O[C@H]2[C@@H](O)[C@@H](n3cnc4cc(C)c(C)cc43)O[C@@H]2CO)[C@]2(C)N=C(/C(C)=C3N=C(/C=C4N=C1[C@@H](CCC(N)=O)C\4(C)C)[C@@H](CCC(N)=O)[C@]\3(C)CC(N)=O)[C@@H](CCC(N)=O)[C@]2(C)CC(N)=O.O=NO.[Co+3]. The van der Waals surface area contributed by atoms with Gasteiger partial charge in [0, 0.05) is 108 Å². The number of phosphoric ester groups is 1. The molecule has 1 unspecified atom stereocenters. The predicted octanol–water partition coefficient (Wildman–Crippen LogP) is 3.45. The van der Waals surface area contributed by atoms with Gasteiger partial charge in [-0.05, 0) is 119 Å². The number of benzene rings is 1. The summed E-state index contributed by atoms with van der Waals surface area (Å²) in [5.41, 5.74) is 36.7. The van der Waals surface area contributed by atoms with Gasteiger partial charge in [-0.15, -0.1) is 4.91 Å². The number of carbonyl (C=O) groups is 7. The van der Waals surface area contributed by atoms with Crippen molar-refractivity contribution in [3.05, 3.63) is 74.1 Å². The Hall–Kier alpha value is -7.09. The summed E-state index contributed by atoms with van der Waals surface area (Å²) in [6.45, 7) is 19.0. The summed E-state index contributed by atoms with van der Waals surface area (Å²) in [4.78, 5) is 136. The van der Waals surface area contributed by atoms with Gasteiger partial charge in [-0.3, -0.25) is 53.1 Å². The molecule has 94 heavy (non-hydrogen) atoms. The number of hydrogen-bond donors (Lipinski definition) is 10. The summed E-state index contributed by atoms with van der Waals surface area (Å²) in [6.07, 6.45) is -4.79. The number of primary amides is 6. The van der Waals surface area contributed by atoms with Gasteiger partial charge in [-0.1, -0.05) is 40.7 Å². The van der Waals surface area contributed by atoms with Crippen LogP contribution in [-0.4, -0.2) is 133 Å². The standard InChI is InChI=1S/C62H90N13O14P.Co.HNO2/c1-29-20-39-40(21-30(29)2)75(28-70-39)57-52(84)53(41(27-76)87-57)89-90(85,86)88-31(3)26-69-49(83)18-19-59(8)37(22-46(66)80)56-62(11)61(10,25-48(68)82)36(14-17-45(65)79)51(74-62)33(5)55-60(9,24-47(67)81)34(12-15-43(63)77)38(71-55)23-42-58(6,7)35(13-16-44(64)78)50(72-42)32(4)54(59)73-56;;2-1-3/h20-21,23,28,31,34-37,41,52-53,56-57,76,84H,12-19,22,24-27H2,1-11H3,(H15,63,64,65,66,67,68,69,71,72,73,74,77,78,79,80,81,82,83,85,86);;(H,2,3)/q;+3;/p-2/t31-,34+,35+,36+,37-,41+,52+,53+,56+,57-,59+,60-,61-,62-;;/m0../s1. The topological polar surface area (TPSA) is 515 Å². The van der Waals surface area contributed by atoms with Gasteiger partial charge in [0.1, 0.15) is 18.3 Å². The Morgan fingerprint density at radius 2 is 1.38 bits per heavy atom. The number of aryl methyl sites for hydroxylation is 2. The number of amides is 7. The molecule has 8 rings (SSSR count). The van der Waals surface area contributed by atoms with Gasteiger partial charge in [0.2, 0.25) is 41.4 Å². The molecule has 1 aromatic carbocycles. The maximum Gasteiger partial charge on any atom is 3.00 e. The second kappa shape index (κ2) is 29.1. The summed E-state index contributed by atoms with van der Waals surface area (Å²) in [7, 11) is -5.32. The molecule has 516 valence electrons. The number of aliphatic hydroxyl groups excluding tert-OH is 2. The van der Waals surface area contributed by atoms with E-state index in [4.69, 9.17) is 78.6 Å². The van der Waals surface area contributed by atoms with Crippen molar-refractivity contribution in [2.75, 3.05) is 13.2 Å². The van der Waals surface area contributed by atoms with Crippen molar-refractivity contribution in [1.82, 2.24) is 14.9 Å². The Bertz CT molecular complexity index is 3610. The van der Waals surface area contributed by atoms with Crippen molar-refractivity contribution in [1.29, 1.82) is 0 Å². The number of hydrogen-bond acceptors (Lipinski definition) is 20. The van der Waals surface area contributed by atoms with Crippen molar-refractivity contribution in [2.45, 2.75) is 189 Å². The van der Waals surface area contributed by atoms with Gasteiger partial charge in [0.15, 0.2) is 11.6 Å². The number of fused-ring (bicyclic) bond motifs is 7. The molecular formula is C62H89CoN14O16P+. The van der Waals surface area contributed by atoms with Gasteiger partial charge >= 0.3 is 16.8 Å². The number of aromatic nitrogens is 2. The Kier molecular flexibility index (Phi) is 23.5. The summed E-state index contributed by atoms with van der Waals surface area (Å²) in [5, 5.41) is 38.0. The van der Waals surface area contributed by atoms with Crippen LogP contribution in [0.1, 0.15) is 150 Å². The van der Waals surface area contributed by atoms with Gasteiger partial charge in [0.25, 0.3) is 7.82 Å². The third-order valence-electron chi connectivity index (χ3n) is 20.5. The molecule has 0 saturated carbocycles. The van der Waals surface area contributed by atoms with Crippen LogP contribution in [0.3, 0.4) is 0 Å². The van der Waals surface area contributed by atoms with E-state index in [9.17, 15) is 53.2 Å². The fourth-order valence-electron chi connectivity index (χ4n) is 15.3.